The van der Waals surface area contributed by atoms with Crippen LogP contribution < -0.4 is 5.73 Å². The highest BCUT2D eigenvalue weighted by molar-refractivity contribution is 7.18. The number of nitrogens with zero attached hydrogens (tertiary/aromatic N) is 1. The van der Waals surface area contributed by atoms with Crippen molar-refractivity contribution in [2.24, 2.45) is 0 Å². The first kappa shape index (κ1) is 12.8. The molecule has 20 heavy (non-hydrogen) atoms. The molecule has 100 valence electrons. The second kappa shape index (κ2) is 5.06. The number of rotatable bonds is 2. The Labute approximate surface area is 120 Å². The topological polar surface area (TPSA) is 38.9 Å². The van der Waals surface area contributed by atoms with E-state index in [0.717, 1.165) is 21.1 Å². The summed E-state index contributed by atoms with van der Waals surface area (Å²) >= 11 is 1.46. The molecule has 0 bridgehead atoms. The minimum Gasteiger partial charge on any atom is -0.398 e. The molecule has 0 aliphatic heterocycles. The van der Waals surface area contributed by atoms with Crippen LogP contribution in [0.25, 0.3) is 21.0 Å². The lowest BCUT2D eigenvalue weighted by Gasteiger charge is -2.00. The second-order valence-corrected chi connectivity index (χ2v) is 5.50. The standard InChI is InChI=1S/C16H13FN2S/c1-10-15(11-6-2-4-8-13(11)17)20-16(19-10)12-7-3-5-9-14(12)18/h2-9H,18H2,1H3. The second-order valence-electron chi connectivity index (χ2n) is 4.50. The van der Waals surface area contributed by atoms with E-state index < -0.39 is 0 Å². The molecular weight excluding hydrogens is 271 g/mol. The molecule has 0 amide bonds. The molecule has 4 heteroatoms. The number of thiazole rings is 1. The van der Waals surface area contributed by atoms with Gasteiger partial charge in [0.15, 0.2) is 0 Å². The number of halogens is 1. The van der Waals surface area contributed by atoms with Crippen molar-refractivity contribution in [3.05, 3.63) is 60.0 Å². The number of aryl methyl sites for hydroxylation is 1. The van der Waals surface area contributed by atoms with Crippen LogP contribution in [0.4, 0.5) is 10.1 Å². The van der Waals surface area contributed by atoms with Crippen LogP contribution in [0, 0.1) is 12.7 Å². The van der Waals surface area contributed by atoms with Crippen molar-refractivity contribution < 1.29 is 4.39 Å². The van der Waals surface area contributed by atoms with Crippen molar-refractivity contribution >= 4 is 17.0 Å². The maximum atomic E-state index is 13.9. The van der Waals surface area contributed by atoms with Crippen LogP contribution in [-0.4, -0.2) is 4.98 Å². The van der Waals surface area contributed by atoms with E-state index in [1.165, 1.54) is 17.4 Å². The number of aromatic nitrogens is 1. The van der Waals surface area contributed by atoms with Gasteiger partial charge >= 0.3 is 0 Å². The quantitative estimate of drug-likeness (QED) is 0.703. The molecule has 2 nitrogen and oxygen atoms in total. The number of benzene rings is 2. The molecule has 2 N–H and O–H groups in total. The third-order valence-corrected chi connectivity index (χ3v) is 4.33. The summed E-state index contributed by atoms with van der Waals surface area (Å²) in [5, 5.41) is 0.818. The first-order valence-electron chi connectivity index (χ1n) is 6.24. The maximum absolute atomic E-state index is 13.9. The number of para-hydroxylation sites is 1. The summed E-state index contributed by atoms with van der Waals surface area (Å²) < 4.78 is 13.9. The largest absolute Gasteiger partial charge is 0.398 e. The fraction of sp³-hybridized carbons (Fsp3) is 0.0625. The predicted octanol–water partition coefficient (Wildman–Crippen LogP) is 4.51. The van der Waals surface area contributed by atoms with Gasteiger partial charge in [0.05, 0.1) is 10.6 Å². The Hall–Kier alpha value is -2.20. The zero-order chi connectivity index (χ0) is 14.1. The van der Waals surface area contributed by atoms with E-state index in [0.29, 0.717) is 11.3 Å². The van der Waals surface area contributed by atoms with Gasteiger partial charge in [0.25, 0.3) is 0 Å². The van der Waals surface area contributed by atoms with Crippen molar-refractivity contribution in [1.29, 1.82) is 0 Å². The molecular formula is C16H13FN2S. The Balaban J connectivity index is 2.13. The molecule has 0 saturated heterocycles. The maximum Gasteiger partial charge on any atom is 0.131 e. The Morgan fingerprint density at radius 3 is 2.35 bits per heavy atom. The number of hydrogen-bond acceptors (Lipinski definition) is 3. The van der Waals surface area contributed by atoms with Gasteiger partial charge in [-0.3, -0.25) is 0 Å². The zero-order valence-electron chi connectivity index (χ0n) is 10.9. The Bertz CT molecular complexity index is 765. The highest BCUT2D eigenvalue weighted by Gasteiger charge is 2.15. The van der Waals surface area contributed by atoms with Crippen molar-refractivity contribution in [2.45, 2.75) is 6.92 Å². The lowest BCUT2D eigenvalue weighted by Crippen LogP contribution is -1.88. The van der Waals surface area contributed by atoms with E-state index in [4.69, 9.17) is 5.73 Å². The van der Waals surface area contributed by atoms with Crippen LogP contribution in [0.5, 0.6) is 0 Å². The van der Waals surface area contributed by atoms with Gasteiger partial charge in [0.2, 0.25) is 0 Å². The smallest absolute Gasteiger partial charge is 0.131 e. The average molecular weight is 284 g/mol. The van der Waals surface area contributed by atoms with Gasteiger partial charge < -0.3 is 5.73 Å². The van der Waals surface area contributed by atoms with Crippen molar-refractivity contribution in [2.75, 3.05) is 5.73 Å². The van der Waals surface area contributed by atoms with Crippen LogP contribution in [0.15, 0.2) is 48.5 Å². The van der Waals surface area contributed by atoms with Crippen LogP contribution in [-0.2, 0) is 0 Å². The van der Waals surface area contributed by atoms with E-state index in [-0.39, 0.29) is 5.82 Å². The number of anilines is 1. The van der Waals surface area contributed by atoms with Gasteiger partial charge in [-0.1, -0.05) is 30.3 Å². The first-order valence-corrected chi connectivity index (χ1v) is 7.05. The molecule has 1 aromatic heterocycles. The normalized spacial score (nSPS) is 10.7. The Morgan fingerprint density at radius 2 is 1.65 bits per heavy atom. The lowest BCUT2D eigenvalue weighted by molar-refractivity contribution is 0.631. The molecule has 0 radical (unpaired) electrons. The number of nitrogens with two attached hydrogens (primary N) is 1. The SMILES string of the molecule is Cc1nc(-c2ccccc2N)sc1-c1ccccc1F. The highest BCUT2D eigenvalue weighted by Crippen LogP contribution is 2.37. The first-order chi connectivity index (χ1) is 9.66. The molecule has 0 aliphatic carbocycles. The summed E-state index contributed by atoms with van der Waals surface area (Å²) in [7, 11) is 0. The third kappa shape index (κ3) is 2.18. The molecule has 3 rings (SSSR count). The van der Waals surface area contributed by atoms with Gasteiger partial charge in [-0.25, -0.2) is 9.37 Å². The van der Waals surface area contributed by atoms with Crippen LogP contribution >= 0.6 is 11.3 Å². The Kier molecular flexibility index (Phi) is 3.24. The summed E-state index contributed by atoms with van der Waals surface area (Å²) in [4.78, 5) is 5.38. The molecule has 2 aromatic carbocycles. The summed E-state index contributed by atoms with van der Waals surface area (Å²) in [5.74, 6) is -0.230. The van der Waals surface area contributed by atoms with E-state index in [9.17, 15) is 4.39 Å². The highest BCUT2D eigenvalue weighted by atomic mass is 32.1. The minimum atomic E-state index is -0.230. The van der Waals surface area contributed by atoms with Gasteiger partial charge in [-0.05, 0) is 25.1 Å². The van der Waals surface area contributed by atoms with Crippen LogP contribution in [0.2, 0.25) is 0 Å². The van der Waals surface area contributed by atoms with Gasteiger partial charge in [-0.2, -0.15) is 0 Å². The molecule has 0 aliphatic rings. The molecule has 0 saturated carbocycles. The van der Waals surface area contributed by atoms with Crippen molar-refractivity contribution in [1.82, 2.24) is 4.98 Å². The molecule has 3 aromatic rings. The van der Waals surface area contributed by atoms with Gasteiger partial charge in [-0.15, -0.1) is 11.3 Å². The Morgan fingerprint density at radius 1 is 1.00 bits per heavy atom. The van der Waals surface area contributed by atoms with Crippen molar-refractivity contribution in [3.63, 3.8) is 0 Å². The zero-order valence-corrected chi connectivity index (χ0v) is 11.7. The molecule has 1 heterocycles. The third-order valence-electron chi connectivity index (χ3n) is 3.11. The predicted molar refractivity (Wildman–Crippen MR) is 82.1 cm³/mol. The molecule has 0 spiro atoms. The average Bonchev–Trinajstić information content (AvgIpc) is 2.81. The van der Waals surface area contributed by atoms with E-state index in [1.54, 1.807) is 12.1 Å². The van der Waals surface area contributed by atoms with Crippen LogP contribution in [0.3, 0.4) is 0 Å². The monoisotopic (exact) mass is 284 g/mol. The summed E-state index contributed by atoms with van der Waals surface area (Å²) in [6.07, 6.45) is 0. The summed E-state index contributed by atoms with van der Waals surface area (Å²) in [5.41, 5.74) is 8.95. The molecule has 0 fully saturated rings. The van der Waals surface area contributed by atoms with Crippen molar-refractivity contribution in [3.8, 4) is 21.0 Å². The fourth-order valence-corrected chi connectivity index (χ4v) is 3.24. The lowest BCUT2D eigenvalue weighted by atomic mass is 10.1. The summed E-state index contributed by atoms with van der Waals surface area (Å²) in [6, 6.07) is 14.3. The van der Waals surface area contributed by atoms with E-state index in [2.05, 4.69) is 4.98 Å². The van der Waals surface area contributed by atoms with E-state index >= 15 is 0 Å². The number of nitrogen functional groups attached to an aromatic ring is 1. The molecule has 0 atom stereocenters. The number of hydrogen-bond donors (Lipinski definition) is 1. The van der Waals surface area contributed by atoms with Gasteiger partial charge in [0, 0.05) is 16.8 Å². The summed E-state index contributed by atoms with van der Waals surface area (Å²) in [6.45, 7) is 1.89. The molecule has 0 unspecified atom stereocenters. The van der Waals surface area contributed by atoms with E-state index in [1.807, 2.05) is 37.3 Å². The van der Waals surface area contributed by atoms with Gasteiger partial charge in [0.1, 0.15) is 10.8 Å². The van der Waals surface area contributed by atoms with Crippen LogP contribution in [0.1, 0.15) is 5.69 Å². The fourth-order valence-electron chi connectivity index (χ4n) is 2.10. The minimum absolute atomic E-state index is 0.230.